The minimum Gasteiger partial charge on any atom is -0.496 e. The fourth-order valence-corrected chi connectivity index (χ4v) is 4.35. The van der Waals surface area contributed by atoms with Crippen LogP contribution in [0, 0.1) is 11.8 Å². The highest BCUT2D eigenvalue weighted by molar-refractivity contribution is 5.91. The zero-order chi connectivity index (χ0) is 18.8. The predicted molar refractivity (Wildman–Crippen MR) is 107 cm³/mol. The van der Waals surface area contributed by atoms with Gasteiger partial charge < -0.3 is 9.64 Å². The van der Waals surface area contributed by atoms with Crippen LogP contribution in [-0.4, -0.2) is 40.4 Å². The first-order chi connectivity index (χ1) is 13.2. The number of piperidine rings is 1. The van der Waals surface area contributed by atoms with E-state index in [1.165, 1.54) is 17.4 Å². The lowest BCUT2D eigenvalue weighted by Gasteiger charge is -2.35. The number of fused-ring (bicyclic) bond motifs is 1. The monoisotopic (exact) mass is 365 g/mol. The molecule has 1 saturated heterocycles. The number of ether oxygens (including phenoxy) is 1. The Labute approximate surface area is 160 Å². The van der Waals surface area contributed by atoms with E-state index in [4.69, 9.17) is 4.74 Å². The molecule has 1 aromatic heterocycles. The number of nitrogens with zero attached hydrogens (tertiary/aromatic N) is 5. The van der Waals surface area contributed by atoms with Gasteiger partial charge in [-0.15, -0.1) is 0 Å². The van der Waals surface area contributed by atoms with Crippen LogP contribution in [0.3, 0.4) is 0 Å². The Morgan fingerprint density at radius 2 is 1.78 bits per heavy atom. The molecule has 2 unspecified atom stereocenters. The Morgan fingerprint density at radius 1 is 1.04 bits per heavy atom. The van der Waals surface area contributed by atoms with Gasteiger partial charge in [-0.1, -0.05) is 49.3 Å². The SMILES string of the molecule is COc1ccc(CCn2nnnc2N2CC(C)CC(C)C2)c2ccccc12. The van der Waals surface area contributed by atoms with Gasteiger partial charge in [0.05, 0.1) is 13.7 Å². The molecular weight excluding hydrogens is 338 g/mol. The summed E-state index contributed by atoms with van der Waals surface area (Å²) in [4.78, 5) is 2.34. The molecule has 1 aliphatic heterocycles. The lowest BCUT2D eigenvalue weighted by atomic mass is 9.92. The van der Waals surface area contributed by atoms with Crippen molar-refractivity contribution in [3.63, 3.8) is 0 Å². The molecule has 0 saturated carbocycles. The highest BCUT2D eigenvalue weighted by Crippen LogP contribution is 2.29. The van der Waals surface area contributed by atoms with E-state index in [0.29, 0.717) is 11.8 Å². The predicted octanol–water partition coefficient (Wildman–Crippen LogP) is 3.56. The fraction of sp³-hybridized carbons (Fsp3) is 0.476. The van der Waals surface area contributed by atoms with E-state index in [1.54, 1.807) is 7.11 Å². The second-order valence-corrected chi connectivity index (χ2v) is 7.78. The van der Waals surface area contributed by atoms with E-state index in [9.17, 15) is 0 Å². The van der Waals surface area contributed by atoms with Crippen molar-refractivity contribution in [1.29, 1.82) is 0 Å². The minimum atomic E-state index is 0.671. The van der Waals surface area contributed by atoms with Gasteiger partial charge in [0.25, 0.3) is 0 Å². The van der Waals surface area contributed by atoms with Crippen molar-refractivity contribution in [2.75, 3.05) is 25.1 Å². The maximum atomic E-state index is 5.51. The summed E-state index contributed by atoms with van der Waals surface area (Å²) in [5, 5.41) is 14.9. The van der Waals surface area contributed by atoms with E-state index in [2.05, 4.69) is 58.5 Å². The van der Waals surface area contributed by atoms with Gasteiger partial charge in [0.2, 0.25) is 5.95 Å². The van der Waals surface area contributed by atoms with Crippen molar-refractivity contribution in [2.24, 2.45) is 11.8 Å². The van der Waals surface area contributed by atoms with E-state index < -0.39 is 0 Å². The summed E-state index contributed by atoms with van der Waals surface area (Å²) in [7, 11) is 1.72. The molecule has 2 heterocycles. The van der Waals surface area contributed by atoms with Crippen LogP contribution in [0.25, 0.3) is 10.8 Å². The number of aryl methyl sites for hydroxylation is 2. The molecule has 0 spiro atoms. The molecule has 1 fully saturated rings. The molecule has 27 heavy (non-hydrogen) atoms. The highest BCUT2D eigenvalue weighted by atomic mass is 16.5. The number of methoxy groups -OCH3 is 1. The second kappa shape index (κ2) is 7.55. The van der Waals surface area contributed by atoms with Gasteiger partial charge in [-0.05, 0) is 52.1 Å². The summed E-state index contributed by atoms with van der Waals surface area (Å²) in [5.41, 5.74) is 1.29. The number of rotatable bonds is 5. The Bertz CT molecular complexity index is 912. The van der Waals surface area contributed by atoms with Crippen LogP contribution in [0.1, 0.15) is 25.8 Å². The summed E-state index contributed by atoms with van der Waals surface area (Å²) in [6.07, 6.45) is 2.15. The Morgan fingerprint density at radius 3 is 2.52 bits per heavy atom. The third-order valence-corrected chi connectivity index (χ3v) is 5.45. The number of hydrogen-bond acceptors (Lipinski definition) is 5. The standard InChI is InChI=1S/C21H27N5O/c1-15-12-16(2)14-25(13-15)21-22-23-24-26(21)11-10-17-8-9-20(27-3)19-7-5-4-6-18(17)19/h4-9,15-16H,10-14H2,1-3H3. The first-order valence-electron chi connectivity index (χ1n) is 9.71. The molecule has 3 aromatic rings. The van der Waals surface area contributed by atoms with Gasteiger partial charge in [0.15, 0.2) is 0 Å². The van der Waals surface area contributed by atoms with Crippen molar-refractivity contribution >= 4 is 16.7 Å². The third kappa shape index (κ3) is 3.61. The number of benzene rings is 2. The fourth-order valence-electron chi connectivity index (χ4n) is 4.35. The molecule has 1 aliphatic rings. The molecule has 0 bridgehead atoms. The maximum Gasteiger partial charge on any atom is 0.245 e. The van der Waals surface area contributed by atoms with Crippen LogP contribution >= 0.6 is 0 Å². The van der Waals surface area contributed by atoms with Gasteiger partial charge in [-0.25, -0.2) is 4.68 Å². The largest absolute Gasteiger partial charge is 0.496 e. The Kier molecular flexibility index (Phi) is 4.97. The van der Waals surface area contributed by atoms with E-state index in [0.717, 1.165) is 43.1 Å². The molecule has 142 valence electrons. The molecule has 0 amide bonds. The molecule has 2 aromatic carbocycles. The van der Waals surface area contributed by atoms with E-state index >= 15 is 0 Å². The second-order valence-electron chi connectivity index (χ2n) is 7.78. The zero-order valence-corrected chi connectivity index (χ0v) is 16.3. The van der Waals surface area contributed by atoms with Gasteiger partial charge in [-0.2, -0.15) is 0 Å². The lowest BCUT2D eigenvalue weighted by molar-refractivity contribution is 0.350. The van der Waals surface area contributed by atoms with Crippen LogP contribution in [0.4, 0.5) is 5.95 Å². The molecule has 4 rings (SSSR count). The first kappa shape index (κ1) is 17.8. The van der Waals surface area contributed by atoms with Crippen molar-refractivity contribution in [3.8, 4) is 5.75 Å². The van der Waals surface area contributed by atoms with E-state index in [1.807, 2.05) is 16.8 Å². The molecule has 2 atom stereocenters. The number of hydrogen-bond donors (Lipinski definition) is 0. The topological polar surface area (TPSA) is 56.1 Å². The van der Waals surface area contributed by atoms with Crippen LogP contribution in [-0.2, 0) is 13.0 Å². The van der Waals surface area contributed by atoms with Crippen LogP contribution in [0.2, 0.25) is 0 Å². The molecule has 0 aliphatic carbocycles. The summed E-state index contributed by atoms with van der Waals surface area (Å²) in [5.74, 6) is 3.15. The van der Waals surface area contributed by atoms with Gasteiger partial charge in [0.1, 0.15) is 5.75 Å². The average molecular weight is 365 g/mol. The van der Waals surface area contributed by atoms with Gasteiger partial charge in [0, 0.05) is 18.5 Å². The number of tetrazole rings is 1. The number of anilines is 1. The summed E-state index contributed by atoms with van der Waals surface area (Å²) < 4.78 is 7.46. The summed E-state index contributed by atoms with van der Waals surface area (Å²) in [6.45, 7) is 7.42. The maximum absolute atomic E-state index is 5.51. The molecule has 0 N–H and O–H groups in total. The third-order valence-electron chi connectivity index (χ3n) is 5.45. The van der Waals surface area contributed by atoms with Crippen molar-refractivity contribution < 1.29 is 4.74 Å². The van der Waals surface area contributed by atoms with Crippen LogP contribution < -0.4 is 9.64 Å². The summed E-state index contributed by atoms with van der Waals surface area (Å²) in [6, 6.07) is 12.6. The average Bonchev–Trinajstić information content (AvgIpc) is 3.14. The van der Waals surface area contributed by atoms with Crippen molar-refractivity contribution in [2.45, 2.75) is 33.2 Å². The molecule has 0 radical (unpaired) electrons. The van der Waals surface area contributed by atoms with Gasteiger partial charge in [-0.3, -0.25) is 0 Å². The van der Waals surface area contributed by atoms with Crippen LogP contribution in [0.15, 0.2) is 36.4 Å². The van der Waals surface area contributed by atoms with E-state index in [-0.39, 0.29) is 0 Å². The Balaban J connectivity index is 1.55. The van der Waals surface area contributed by atoms with Crippen molar-refractivity contribution in [3.05, 3.63) is 42.0 Å². The number of aromatic nitrogens is 4. The smallest absolute Gasteiger partial charge is 0.245 e. The molecule has 6 heteroatoms. The van der Waals surface area contributed by atoms with Gasteiger partial charge >= 0.3 is 0 Å². The quantitative estimate of drug-likeness (QED) is 0.692. The van der Waals surface area contributed by atoms with Crippen molar-refractivity contribution in [1.82, 2.24) is 20.2 Å². The first-order valence-corrected chi connectivity index (χ1v) is 9.71. The highest BCUT2D eigenvalue weighted by Gasteiger charge is 2.25. The normalized spacial score (nSPS) is 20.2. The molecule has 6 nitrogen and oxygen atoms in total. The Hall–Kier alpha value is -2.63. The zero-order valence-electron chi connectivity index (χ0n) is 16.3. The lowest BCUT2D eigenvalue weighted by Crippen LogP contribution is -2.40. The molecular formula is C21H27N5O. The summed E-state index contributed by atoms with van der Waals surface area (Å²) >= 11 is 0. The van der Waals surface area contributed by atoms with Crippen LogP contribution in [0.5, 0.6) is 5.75 Å². The minimum absolute atomic E-state index is 0.671.